The fourth-order valence-corrected chi connectivity index (χ4v) is 4.70. The number of hydrogen-bond acceptors (Lipinski definition) is 3. The van der Waals surface area contributed by atoms with Gasteiger partial charge in [0.2, 0.25) is 0 Å². The van der Waals surface area contributed by atoms with E-state index in [0.717, 1.165) is 35.5 Å². The molecule has 0 amide bonds. The Labute approximate surface area is 176 Å². The lowest BCUT2D eigenvalue weighted by molar-refractivity contribution is 0.216. The molecule has 0 saturated carbocycles. The lowest BCUT2D eigenvalue weighted by Crippen LogP contribution is -2.30. The summed E-state index contributed by atoms with van der Waals surface area (Å²) in [4.78, 5) is 5.12. The summed E-state index contributed by atoms with van der Waals surface area (Å²) in [6.45, 7) is 6.98. The maximum atomic E-state index is 5.72. The number of fused-ring (bicyclic) bond motifs is 1. The minimum Gasteiger partial charge on any atom is -0.464 e. The third kappa shape index (κ3) is 4.51. The fraction of sp³-hybridized carbons (Fsp3) is 0.417. The number of furan rings is 1. The van der Waals surface area contributed by atoms with Gasteiger partial charge in [-0.05, 0) is 68.6 Å². The first-order valence-electron chi connectivity index (χ1n) is 10.2. The SMILES string of the molecule is C[C@@H](c1ccccc1)N(C)C[C@@H]1CCN(CCc2coc3ccc(Br)cc23)C1. The Bertz CT molecular complexity index is 907. The molecule has 3 aromatic rings. The Hall–Kier alpha value is -1.62. The molecular weight excluding hydrogens is 412 g/mol. The molecule has 1 aliphatic rings. The first-order valence-corrected chi connectivity index (χ1v) is 11.0. The number of rotatable bonds is 7. The first-order chi connectivity index (χ1) is 13.6. The van der Waals surface area contributed by atoms with Gasteiger partial charge in [-0.25, -0.2) is 0 Å². The van der Waals surface area contributed by atoms with E-state index in [-0.39, 0.29) is 0 Å². The highest BCUT2D eigenvalue weighted by molar-refractivity contribution is 9.10. The summed E-state index contributed by atoms with van der Waals surface area (Å²) < 4.78 is 6.83. The van der Waals surface area contributed by atoms with Crippen molar-refractivity contribution in [3.05, 3.63) is 70.4 Å². The van der Waals surface area contributed by atoms with Crippen LogP contribution in [0.5, 0.6) is 0 Å². The van der Waals surface area contributed by atoms with E-state index in [1.807, 2.05) is 18.4 Å². The van der Waals surface area contributed by atoms with Crippen molar-refractivity contribution in [1.29, 1.82) is 0 Å². The average Bonchev–Trinajstić information content (AvgIpc) is 3.32. The molecule has 1 fully saturated rings. The van der Waals surface area contributed by atoms with Crippen LogP contribution in [0.15, 0.2) is 63.7 Å². The van der Waals surface area contributed by atoms with Crippen LogP contribution in [0, 0.1) is 5.92 Å². The zero-order valence-corrected chi connectivity index (χ0v) is 18.4. The van der Waals surface area contributed by atoms with Crippen molar-refractivity contribution in [3.63, 3.8) is 0 Å². The van der Waals surface area contributed by atoms with Gasteiger partial charge in [0.15, 0.2) is 0 Å². The molecule has 0 N–H and O–H groups in total. The second-order valence-electron chi connectivity index (χ2n) is 8.13. The van der Waals surface area contributed by atoms with Crippen molar-refractivity contribution in [3.8, 4) is 0 Å². The summed E-state index contributed by atoms with van der Waals surface area (Å²) in [6, 6.07) is 17.5. The van der Waals surface area contributed by atoms with Crippen molar-refractivity contribution < 1.29 is 4.42 Å². The molecule has 0 radical (unpaired) electrons. The lowest BCUT2D eigenvalue weighted by atomic mass is 10.0. The molecule has 1 aliphatic heterocycles. The molecule has 0 aliphatic carbocycles. The minimum absolute atomic E-state index is 0.464. The second kappa shape index (κ2) is 8.81. The maximum Gasteiger partial charge on any atom is 0.134 e. The molecule has 28 heavy (non-hydrogen) atoms. The monoisotopic (exact) mass is 440 g/mol. The molecule has 0 unspecified atom stereocenters. The molecule has 1 aromatic heterocycles. The molecule has 1 saturated heterocycles. The highest BCUT2D eigenvalue weighted by atomic mass is 79.9. The summed E-state index contributed by atoms with van der Waals surface area (Å²) in [6.07, 6.45) is 4.27. The molecule has 2 atom stereocenters. The molecule has 148 valence electrons. The standard InChI is InChI=1S/C24H29BrN2O/c1-18(20-6-4-3-5-7-20)26(2)15-19-10-12-27(16-19)13-11-21-17-28-24-9-8-22(25)14-23(21)24/h3-9,14,17-19H,10-13,15-16H2,1-2H3/t18-,19-/m0/s1. The molecule has 0 bridgehead atoms. The normalized spacial score (nSPS) is 18.9. The third-order valence-corrected chi connectivity index (χ3v) is 6.67. The van der Waals surface area contributed by atoms with Gasteiger partial charge in [-0.1, -0.05) is 46.3 Å². The highest BCUT2D eigenvalue weighted by Crippen LogP contribution is 2.27. The molecule has 4 rings (SSSR count). The van der Waals surface area contributed by atoms with E-state index < -0.39 is 0 Å². The summed E-state index contributed by atoms with van der Waals surface area (Å²) in [5, 5.41) is 1.24. The van der Waals surface area contributed by atoms with Crippen molar-refractivity contribution in [1.82, 2.24) is 9.80 Å². The fourth-order valence-electron chi connectivity index (χ4n) is 4.34. The zero-order valence-electron chi connectivity index (χ0n) is 16.8. The molecule has 2 aromatic carbocycles. The number of likely N-dealkylation sites (tertiary alicyclic amines) is 1. The molecular formula is C24H29BrN2O. The number of halogens is 1. The maximum absolute atomic E-state index is 5.72. The van der Waals surface area contributed by atoms with Crippen LogP contribution in [0.1, 0.15) is 30.5 Å². The average molecular weight is 441 g/mol. The Morgan fingerprint density at radius 2 is 2.04 bits per heavy atom. The Kier molecular flexibility index (Phi) is 6.19. The summed E-state index contributed by atoms with van der Waals surface area (Å²) >= 11 is 3.57. The number of hydrogen-bond donors (Lipinski definition) is 0. The third-order valence-electron chi connectivity index (χ3n) is 6.17. The van der Waals surface area contributed by atoms with E-state index in [1.165, 1.54) is 36.0 Å². The van der Waals surface area contributed by atoms with E-state index in [0.29, 0.717) is 6.04 Å². The van der Waals surface area contributed by atoms with Crippen molar-refractivity contribution in [2.24, 2.45) is 5.92 Å². The van der Waals surface area contributed by atoms with Gasteiger partial charge in [-0.3, -0.25) is 4.90 Å². The highest BCUT2D eigenvalue weighted by Gasteiger charge is 2.25. The van der Waals surface area contributed by atoms with Crippen LogP contribution >= 0.6 is 15.9 Å². The van der Waals surface area contributed by atoms with Gasteiger partial charge >= 0.3 is 0 Å². The van der Waals surface area contributed by atoms with Crippen LogP contribution in [-0.4, -0.2) is 43.0 Å². The van der Waals surface area contributed by atoms with E-state index >= 15 is 0 Å². The van der Waals surface area contributed by atoms with Crippen LogP contribution in [-0.2, 0) is 6.42 Å². The Balaban J connectivity index is 1.29. The van der Waals surface area contributed by atoms with Crippen molar-refractivity contribution >= 4 is 26.9 Å². The van der Waals surface area contributed by atoms with Crippen molar-refractivity contribution in [2.45, 2.75) is 25.8 Å². The first kappa shape index (κ1) is 19.7. The quantitative estimate of drug-likeness (QED) is 0.465. The minimum atomic E-state index is 0.464. The van der Waals surface area contributed by atoms with Gasteiger partial charge in [-0.15, -0.1) is 0 Å². The largest absolute Gasteiger partial charge is 0.464 e. The molecule has 0 spiro atoms. The zero-order chi connectivity index (χ0) is 19.5. The lowest BCUT2D eigenvalue weighted by Gasteiger charge is -2.28. The van der Waals surface area contributed by atoms with E-state index in [4.69, 9.17) is 4.42 Å². The van der Waals surface area contributed by atoms with Gasteiger partial charge in [-0.2, -0.15) is 0 Å². The topological polar surface area (TPSA) is 19.6 Å². The van der Waals surface area contributed by atoms with Gasteiger partial charge in [0, 0.05) is 35.5 Å². The smallest absolute Gasteiger partial charge is 0.134 e. The molecule has 3 nitrogen and oxygen atoms in total. The second-order valence-corrected chi connectivity index (χ2v) is 9.05. The van der Waals surface area contributed by atoms with Gasteiger partial charge in [0.1, 0.15) is 5.58 Å². The Morgan fingerprint density at radius 1 is 1.21 bits per heavy atom. The van der Waals surface area contributed by atoms with Gasteiger partial charge in [0.25, 0.3) is 0 Å². The Morgan fingerprint density at radius 3 is 2.86 bits per heavy atom. The van der Waals surface area contributed by atoms with Crippen LogP contribution in [0.3, 0.4) is 0 Å². The number of nitrogens with zero attached hydrogens (tertiary/aromatic N) is 2. The van der Waals surface area contributed by atoms with Crippen LogP contribution in [0.4, 0.5) is 0 Å². The predicted octanol–water partition coefficient (Wildman–Crippen LogP) is 5.75. The number of benzene rings is 2. The van der Waals surface area contributed by atoms with Crippen LogP contribution in [0.2, 0.25) is 0 Å². The predicted molar refractivity (Wildman–Crippen MR) is 120 cm³/mol. The van der Waals surface area contributed by atoms with E-state index in [2.05, 4.69) is 76.1 Å². The van der Waals surface area contributed by atoms with Gasteiger partial charge < -0.3 is 9.32 Å². The molecule has 2 heterocycles. The summed E-state index contributed by atoms with van der Waals surface area (Å²) in [7, 11) is 2.26. The van der Waals surface area contributed by atoms with E-state index in [9.17, 15) is 0 Å². The van der Waals surface area contributed by atoms with Crippen LogP contribution in [0.25, 0.3) is 11.0 Å². The van der Waals surface area contributed by atoms with Crippen LogP contribution < -0.4 is 0 Å². The summed E-state index contributed by atoms with van der Waals surface area (Å²) in [5.41, 5.74) is 3.70. The summed E-state index contributed by atoms with van der Waals surface area (Å²) in [5.74, 6) is 0.756. The molecule has 4 heteroatoms. The van der Waals surface area contributed by atoms with E-state index in [1.54, 1.807) is 0 Å². The van der Waals surface area contributed by atoms with Gasteiger partial charge in [0.05, 0.1) is 6.26 Å². The van der Waals surface area contributed by atoms with Crippen molar-refractivity contribution in [2.75, 3.05) is 33.2 Å².